The number of hydrogen-bond donors (Lipinski definition) is 1. The second-order valence-corrected chi connectivity index (χ2v) is 5.79. The molecule has 0 aliphatic rings. The van der Waals surface area contributed by atoms with Gasteiger partial charge >= 0.3 is 0 Å². The summed E-state index contributed by atoms with van der Waals surface area (Å²) in [7, 11) is 0. The van der Waals surface area contributed by atoms with Crippen molar-refractivity contribution in [2.45, 2.75) is 39.7 Å². The molecule has 0 aliphatic carbocycles. The van der Waals surface area contributed by atoms with Crippen molar-refractivity contribution in [2.75, 3.05) is 6.54 Å². The Bertz CT molecular complexity index is 520. The summed E-state index contributed by atoms with van der Waals surface area (Å²) in [6, 6.07) is 10.5. The van der Waals surface area contributed by atoms with Gasteiger partial charge in [-0.05, 0) is 17.5 Å². The zero-order chi connectivity index (χ0) is 13.9. The maximum absolute atomic E-state index is 5.38. The fraction of sp³-hybridized carbons (Fsp3) is 0.438. The van der Waals surface area contributed by atoms with Gasteiger partial charge in [-0.1, -0.05) is 57.1 Å². The normalized spacial score (nSPS) is 11.8. The van der Waals surface area contributed by atoms with Crippen molar-refractivity contribution in [3.05, 3.63) is 41.6 Å². The van der Waals surface area contributed by atoms with E-state index < -0.39 is 0 Å². The van der Waals surface area contributed by atoms with Crippen LogP contribution >= 0.6 is 0 Å². The number of nitrogens with one attached hydrogen (secondary N) is 1. The molecule has 0 radical (unpaired) electrons. The number of aromatic nitrogens is 1. The first kappa shape index (κ1) is 13.8. The number of benzene rings is 1. The summed E-state index contributed by atoms with van der Waals surface area (Å²) >= 11 is 0. The van der Waals surface area contributed by atoms with Crippen molar-refractivity contribution in [1.29, 1.82) is 0 Å². The Kier molecular flexibility index (Phi) is 4.05. The highest BCUT2D eigenvalue weighted by atomic mass is 16.5. The maximum atomic E-state index is 5.38. The predicted molar refractivity (Wildman–Crippen MR) is 78.0 cm³/mol. The molecule has 1 heterocycles. The van der Waals surface area contributed by atoms with Crippen LogP contribution in [-0.2, 0) is 12.0 Å². The molecule has 0 saturated carbocycles. The van der Waals surface area contributed by atoms with Crippen LogP contribution in [0.5, 0.6) is 0 Å². The molecule has 3 heteroatoms. The highest BCUT2D eigenvalue weighted by Gasteiger charge is 2.14. The first-order chi connectivity index (χ1) is 9.00. The number of nitrogens with zero attached hydrogens (tertiary/aromatic N) is 1. The van der Waals surface area contributed by atoms with Gasteiger partial charge in [-0.25, -0.2) is 0 Å². The summed E-state index contributed by atoms with van der Waals surface area (Å²) in [4.78, 5) is 0. The van der Waals surface area contributed by atoms with Crippen LogP contribution in [0, 0.1) is 0 Å². The Labute approximate surface area is 115 Å². The van der Waals surface area contributed by atoms with E-state index in [-0.39, 0.29) is 5.41 Å². The Hall–Kier alpha value is -1.61. The van der Waals surface area contributed by atoms with Gasteiger partial charge in [0.15, 0.2) is 5.76 Å². The van der Waals surface area contributed by atoms with E-state index in [4.69, 9.17) is 4.52 Å². The van der Waals surface area contributed by atoms with E-state index in [2.05, 4.69) is 62.4 Å². The van der Waals surface area contributed by atoms with Crippen LogP contribution in [0.25, 0.3) is 11.3 Å². The zero-order valence-corrected chi connectivity index (χ0v) is 12.2. The molecule has 0 aliphatic heterocycles. The second kappa shape index (κ2) is 5.57. The van der Waals surface area contributed by atoms with Gasteiger partial charge < -0.3 is 9.84 Å². The van der Waals surface area contributed by atoms with E-state index in [1.807, 2.05) is 6.07 Å². The fourth-order valence-electron chi connectivity index (χ4n) is 1.92. The van der Waals surface area contributed by atoms with Gasteiger partial charge in [0.2, 0.25) is 0 Å². The lowest BCUT2D eigenvalue weighted by Crippen LogP contribution is -2.11. The van der Waals surface area contributed by atoms with Gasteiger partial charge in [-0.15, -0.1) is 0 Å². The fourth-order valence-corrected chi connectivity index (χ4v) is 1.92. The summed E-state index contributed by atoms with van der Waals surface area (Å²) in [6.45, 7) is 10.4. The SMILES string of the molecule is CCNCc1cc(-c2ccc(C(C)(C)C)cc2)on1. The zero-order valence-electron chi connectivity index (χ0n) is 12.2. The lowest BCUT2D eigenvalue weighted by atomic mass is 9.86. The van der Waals surface area contributed by atoms with Crippen molar-refractivity contribution < 1.29 is 4.52 Å². The van der Waals surface area contributed by atoms with Gasteiger partial charge in [-0.3, -0.25) is 0 Å². The molecule has 19 heavy (non-hydrogen) atoms. The topological polar surface area (TPSA) is 38.1 Å². The Morgan fingerprint density at radius 2 is 1.84 bits per heavy atom. The molecule has 0 unspecified atom stereocenters. The quantitative estimate of drug-likeness (QED) is 0.907. The van der Waals surface area contributed by atoms with Crippen LogP contribution in [0.15, 0.2) is 34.9 Å². The summed E-state index contributed by atoms with van der Waals surface area (Å²) in [5, 5.41) is 7.30. The van der Waals surface area contributed by atoms with Gasteiger partial charge in [0.25, 0.3) is 0 Å². The smallest absolute Gasteiger partial charge is 0.167 e. The molecule has 1 N–H and O–H groups in total. The summed E-state index contributed by atoms with van der Waals surface area (Å²) in [6.07, 6.45) is 0. The third-order valence-electron chi connectivity index (χ3n) is 3.15. The second-order valence-electron chi connectivity index (χ2n) is 5.79. The van der Waals surface area contributed by atoms with Crippen LogP contribution in [0.4, 0.5) is 0 Å². The van der Waals surface area contributed by atoms with Gasteiger partial charge in [0.1, 0.15) is 0 Å². The lowest BCUT2D eigenvalue weighted by Gasteiger charge is -2.18. The average Bonchev–Trinajstić information content (AvgIpc) is 2.84. The predicted octanol–water partition coefficient (Wildman–Crippen LogP) is 3.75. The minimum atomic E-state index is 0.177. The first-order valence-electron chi connectivity index (χ1n) is 6.78. The maximum Gasteiger partial charge on any atom is 0.167 e. The molecule has 0 amide bonds. The molecule has 0 saturated heterocycles. The van der Waals surface area contributed by atoms with Crippen molar-refractivity contribution in [2.24, 2.45) is 0 Å². The van der Waals surface area contributed by atoms with E-state index >= 15 is 0 Å². The van der Waals surface area contributed by atoms with Gasteiger partial charge in [-0.2, -0.15) is 0 Å². The van der Waals surface area contributed by atoms with E-state index in [9.17, 15) is 0 Å². The summed E-state index contributed by atoms with van der Waals surface area (Å²) in [5.74, 6) is 0.827. The van der Waals surface area contributed by atoms with Crippen LogP contribution in [0.1, 0.15) is 39.0 Å². The number of rotatable bonds is 4. The molecule has 0 atom stereocenters. The molecule has 3 nitrogen and oxygen atoms in total. The minimum absolute atomic E-state index is 0.177. The van der Waals surface area contributed by atoms with E-state index in [1.54, 1.807) is 0 Å². The molecule has 0 fully saturated rings. The van der Waals surface area contributed by atoms with Crippen LogP contribution < -0.4 is 5.32 Å². The molecule has 1 aromatic carbocycles. The first-order valence-corrected chi connectivity index (χ1v) is 6.78. The van der Waals surface area contributed by atoms with Gasteiger partial charge in [0.05, 0.1) is 5.69 Å². The molecule has 0 bridgehead atoms. The monoisotopic (exact) mass is 258 g/mol. The molecule has 0 spiro atoms. The molecular weight excluding hydrogens is 236 g/mol. The van der Waals surface area contributed by atoms with E-state index in [0.29, 0.717) is 0 Å². The van der Waals surface area contributed by atoms with Gasteiger partial charge in [0, 0.05) is 18.2 Å². The van der Waals surface area contributed by atoms with Crippen molar-refractivity contribution in [3.63, 3.8) is 0 Å². The minimum Gasteiger partial charge on any atom is -0.356 e. The van der Waals surface area contributed by atoms with Crippen LogP contribution in [-0.4, -0.2) is 11.7 Å². The molecule has 2 aromatic rings. The van der Waals surface area contributed by atoms with Crippen LogP contribution in [0.3, 0.4) is 0 Å². The Morgan fingerprint density at radius 3 is 2.42 bits per heavy atom. The summed E-state index contributed by atoms with van der Waals surface area (Å²) < 4.78 is 5.38. The molecule has 102 valence electrons. The van der Waals surface area contributed by atoms with Crippen molar-refractivity contribution in [1.82, 2.24) is 10.5 Å². The highest BCUT2D eigenvalue weighted by molar-refractivity contribution is 5.58. The molecule has 2 rings (SSSR count). The Morgan fingerprint density at radius 1 is 1.16 bits per heavy atom. The van der Waals surface area contributed by atoms with E-state index in [0.717, 1.165) is 30.1 Å². The van der Waals surface area contributed by atoms with Crippen molar-refractivity contribution >= 4 is 0 Å². The van der Waals surface area contributed by atoms with Crippen molar-refractivity contribution in [3.8, 4) is 11.3 Å². The standard InChI is InChI=1S/C16H22N2O/c1-5-17-11-14-10-15(19-18-14)12-6-8-13(9-7-12)16(2,3)4/h6-10,17H,5,11H2,1-4H3. The molecule has 1 aromatic heterocycles. The molecular formula is C16H22N2O. The summed E-state index contributed by atoms with van der Waals surface area (Å²) in [5.41, 5.74) is 3.51. The highest BCUT2D eigenvalue weighted by Crippen LogP contribution is 2.26. The largest absolute Gasteiger partial charge is 0.356 e. The third kappa shape index (κ3) is 3.44. The number of hydrogen-bond acceptors (Lipinski definition) is 3. The average molecular weight is 258 g/mol. The van der Waals surface area contributed by atoms with E-state index in [1.165, 1.54) is 5.56 Å². The van der Waals surface area contributed by atoms with Crippen LogP contribution in [0.2, 0.25) is 0 Å². The Balaban J connectivity index is 2.16. The third-order valence-corrected chi connectivity index (χ3v) is 3.15. The lowest BCUT2D eigenvalue weighted by molar-refractivity contribution is 0.420.